The Kier molecular flexibility index (Phi) is 4.35. The monoisotopic (exact) mass is 293 g/mol. The molecule has 5 heteroatoms. The molecule has 0 fully saturated rings. The first kappa shape index (κ1) is 14.5. The number of hydrogen-bond donors (Lipinski definition) is 0. The fourth-order valence-corrected chi connectivity index (χ4v) is 1.97. The van der Waals surface area contributed by atoms with Crippen molar-refractivity contribution in [1.29, 1.82) is 0 Å². The first-order chi connectivity index (χ1) is 9.52. The summed E-state index contributed by atoms with van der Waals surface area (Å²) in [4.78, 5) is 16.0. The summed E-state index contributed by atoms with van der Waals surface area (Å²) < 4.78 is 19.0. The average molecular weight is 294 g/mol. The number of esters is 1. The van der Waals surface area contributed by atoms with Gasteiger partial charge in [-0.1, -0.05) is 17.7 Å². The fraction of sp³-hybridized carbons (Fsp3) is 0.200. The van der Waals surface area contributed by atoms with E-state index in [1.807, 2.05) is 0 Å². The van der Waals surface area contributed by atoms with E-state index in [0.29, 0.717) is 0 Å². The zero-order valence-corrected chi connectivity index (χ0v) is 11.9. The number of ether oxygens (including phenoxy) is 1. The molecule has 2 aromatic rings. The van der Waals surface area contributed by atoms with Gasteiger partial charge in [0.05, 0.1) is 17.9 Å². The van der Waals surface area contributed by atoms with Crippen LogP contribution in [-0.2, 0) is 4.74 Å². The topological polar surface area (TPSA) is 39.2 Å². The first-order valence-corrected chi connectivity index (χ1v) is 6.51. The number of halogens is 2. The molecule has 20 heavy (non-hydrogen) atoms. The van der Waals surface area contributed by atoms with Gasteiger partial charge >= 0.3 is 5.97 Å². The van der Waals surface area contributed by atoms with E-state index in [9.17, 15) is 9.18 Å². The predicted molar refractivity (Wildman–Crippen MR) is 75.3 cm³/mol. The molecule has 0 aliphatic carbocycles. The Hall–Kier alpha value is -1.94. The summed E-state index contributed by atoms with van der Waals surface area (Å²) >= 11 is 5.85. The number of rotatable bonds is 3. The molecule has 1 heterocycles. The van der Waals surface area contributed by atoms with Gasteiger partial charge < -0.3 is 4.74 Å². The summed E-state index contributed by atoms with van der Waals surface area (Å²) in [7, 11) is 0. The van der Waals surface area contributed by atoms with E-state index in [2.05, 4.69) is 4.98 Å². The highest BCUT2D eigenvalue weighted by atomic mass is 35.5. The zero-order valence-electron chi connectivity index (χ0n) is 11.1. The van der Waals surface area contributed by atoms with Crippen LogP contribution in [0.5, 0.6) is 0 Å². The van der Waals surface area contributed by atoms with E-state index in [-0.39, 0.29) is 28.6 Å². The van der Waals surface area contributed by atoms with Gasteiger partial charge in [-0.3, -0.25) is 0 Å². The third-order valence-electron chi connectivity index (χ3n) is 2.74. The lowest BCUT2D eigenvalue weighted by Crippen LogP contribution is -2.08. The number of nitrogens with zero attached hydrogens (tertiary/aromatic N) is 1. The molecule has 0 atom stereocenters. The summed E-state index contributed by atoms with van der Waals surface area (Å²) in [5.74, 6) is -1.00. The molecule has 1 aromatic heterocycles. The summed E-state index contributed by atoms with van der Waals surface area (Å²) in [6.45, 7) is 3.72. The smallest absolute Gasteiger partial charge is 0.340 e. The molecule has 0 aliphatic heterocycles. The van der Waals surface area contributed by atoms with Crippen molar-refractivity contribution in [1.82, 2.24) is 4.98 Å². The molecule has 0 saturated carbocycles. The van der Waals surface area contributed by atoms with Crippen LogP contribution in [0.3, 0.4) is 0 Å². The van der Waals surface area contributed by atoms with Gasteiger partial charge in [-0.2, -0.15) is 0 Å². The van der Waals surface area contributed by atoms with E-state index in [1.165, 1.54) is 18.2 Å². The second-order valence-corrected chi connectivity index (χ2v) is 4.62. The lowest BCUT2D eigenvalue weighted by Gasteiger charge is -2.10. The fourth-order valence-electron chi connectivity index (χ4n) is 1.83. The molecule has 3 nitrogen and oxygen atoms in total. The molecular formula is C15H13ClFNO2. The van der Waals surface area contributed by atoms with Crippen LogP contribution in [-0.4, -0.2) is 17.6 Å². The SMILES string of the molecule is CCOC(=O)c1ccc(Cl)nc1-c1ccc(C)cc1F. The van der Waals surface area contributed by atoms with Gasteiger partial charge in [-0.05, 0) is 43.7 Å². The molecule has 2 rings (SSSR count). The van der Waals surface area contributed by atoms with Gasteiger partial charge in [-0.25, -0.2) is 14.2 Å². The van der Waals surface area contributed by atoms with E-state index in [4.69, 9.17) is 16.3 Å². The summed E-state index contributed by atoms with van der Waals surface area (Å²) in [5.41, 5.74) is 1.39. The van der Waals surface area contributed by atoms with Crippen LogP contribution in [0.2, 0.25) is 5.15 Å². The molecule has 0 amide bonds. The Balaban J connectivity index is 2.59. The van der Waals surface area contributed by atoms with Crippen molar-refractivity contribution in [3.05, 3.63) is 52.4 Å². The molecule has 0 spiro atoms. The lowest BCUT2D eigenvalue weighted by atomic mass is 10.0. The Morgan fingerprint density at radius 1 is 1.35 bits per heavy atom. The molecule has 0 saturated heterocycles. The van der Waals surface area contributed by atoms with Crippen LogP contribution in [0.1, 0.15) is 22.8 Å². The highest BCUT2D eigenvalue weighted by molar-refractivity contribution is 6.29. The molecule has 104 valence electrons. The van der Waals surface area contributed by atoms with Gasteiger partial charge in [0, 0.05) is 5.56 Å². The minimum absolute atomic E-state index is 0.188. The standard InChI is InChI=1S/C15H13ClFNO2/c1-3-20-15(19)11-6-7-13(16)18-14(11)10-5-4-9(2)8-12(10)17/h4-8H,3H2,1-2H3. The summed E-state index contributed by atoms with van der Waals surface area (Å²) in [5, 5.41) is 0.188. The maximum atomic E-state index is 14.1. The van der Waals surface area contributed by atoms with Gasteiger partial charge in [0.1, 0.15) is 11.0 Å². The van der Waals surface area contributed by atoms with Crippen LogP contribution in [0.25, 0.3) is 11.3 Å². The first-order valence-electron chi connectivity index (χ1n) is 6.13. The normalized spacial score (nSPS) is 10.4. The van der Waals surface area contributed by atoms with Crippen LogP contribution in [0, 0.1) is 12.7 Å². The second kappa shape index (κ2) is 6.01. The van der Waals surface area contributed by atoms with Crippen LogP contribution in [0.15, 0.2) is 30.3 Å². The molecule has 0 aliphatic rings. The number of hydrogen-bond acceptors (Lipinski definition) is 3. The number of aromatic nitrogens is 1. The van der Waals surface area contributed by atoms with Crippen LogP contribution >= 0.6 is 11.6 Å². The van der Waals surface area contributed by atoms with Gasteiger partial charge in [-0.15, -0.1) is 0 Å². The number of benzene rings is 1. The minimum atomic E-state index is -0.549. The molecule has 0 radical (unpaired) electrons. The van der Waals surface area contributed by atoms with Crippen LogP contribution in [0.4, 0.5) is 4.39 Å². The van der Waals surface area contributed by atoms with Crippen LogP contribution < -0.4 is 0 Å². The summed E-state index contributed by atoms with van der Waals surface area (Å²) in [6.07, 6.45) is 0. The maximum Gasteiger partial charge on any atom is 0.340 e. The Morgan fingerprint density at radius 3 is 2.75 bits per heavy atom. The summed E-state index contributed by atoms with van der Waals surface area (Å²) in [6, 6.07) is 7.67. The van der Waals surface area contributed by atoms with Gasteiger partial charge in [0.2, 0.25) is 0 Å². The van der Waals surface area contributed by atoms with E-state index < -0.39 is 11.8 Å². The van der Waals surface area contributed by atoms with Crippen molar-refractivity contribution >= 4 is 17.6 Å². The van der Waals surface area contributed by atoms with Crippen molar-refractivity contribution in [3.63, 3.8) is 0 Å². The zero-order chi connectivity index (χ0) is 14.7. The third-order valence-corrected chi connectivity index (χ3v) is 2.95. The Morgan fingerprint density at radius 2 is 2.10 bits per heavy atom. The van der Waals surface area contributed by atoms with Crippen molar-refractivity contribution in [3.8, 4) is 11.3 Å². The second-order valence-electron chi connectivity index (χ2n) is 4.23. The highest BCUT2D eigenvalue weighted by Crippen LogP contribution is 2.27. The predicted octanol–water partition coefficient (Wildman–Crippen LogP) is 4.03. The van der Waals surface area contributed by atoms with E-state index >= 15 is 0 Å². The average Bonchev–Trinajstić information content (AvgIpc) is 2.38. The molecule has 0 N–H and O–H groups in total. The Bertz CT molecular complexity index is 658. The van der Waals surface area contributed by atoms with E-state index in [0.717, 1.165) is 5.56 Å². The Labute approximate surface area is 121 Å². The molecule has 0 bridgehead atoms. The number of carbonyl (C=O) groups excluding carboxylic acids is 1. The molecular weight excluding hydrogens is 281 g/mol. The van der Waals surface area contributed by atoms with Gasteiger partial charge in [0.25, 0.3) is 0 Å². The van der Waals surface area contributed by atoms with E-state index in [1.54, 1.807) is 26.0 Å². The largest absolute Gasteiger partial charge is 0.462 e. The quantitative estimate of drug-likeness (QED) is 0.633. The van der Waals surface area contributed by atoms with Crippen molar-refractivity contribution in [2.24, 2.45) is 0 Å². The number of pyridine rings is 1. The lowest BCUT2D eigenvalue weighted by molar-refractivity contribution is 0.0527. The molecule has 1 aromatic carbocycles. The molecule has 0 unspecified atom stereocenters. The third kappa shape index (κ3) is 2.96. The minimum Gasteiger partial charge on any atom is -0.462 e. The number of aryl methyl sites for hydroxylation is 1. The van der Waals surface area contributed by atoms with Crippen molar-refractivity contribution in [2.45, 2.75) is 13.8 Å². The highest BCUT2D eigenvalue weighted by Gasteiger charge is 2.18. The van der Waals surface area contributed by atoms with Gasteiger partial charge in [0.15, 0.2) is 0 Å². The number of carbonyl (C=O) groups is 1. The van der Waals surface area contributed by atoms with Crippen molar-refractivity contribution < 1.29 is 13.9 Å². The van der Waals surface area contributed by atoms with Crippen molar-refractivity contribution in [2.75, 3.05) is 6.61 Å². The maximum absolute atomic E-state index is 14.1.